The molecule has 0 bridgehead atoms. The normalized spacial score (nSPS) is 12.3. The molecule has 0 aliphatic heterocycles. The monoisotopic (exact) mass is 308 g/mol. The Hall–Kier alpha value is -2.59. The van der Waals surface area contributed by atoms with Crippen molar-refractivity contribution in [2.24, 2.45) is 5.73 Å². The number of carbonyl (C=O) groups is 1. The number of benzene rings is 2. The molecule has 23 heavy (non-hydrogen) atoms. The molecule has 1 unspecified atom stereocenters. The fourth-order valence-electron chi connectivity index (χ4n) is 2.87. The number of hydrogen-bond acceptors (Lipinski definition) is 3. The lowest BCUT2D eigenvalue weighted by Gasteiger charge is -2.08. The van der Waals surface area contributed by atoms with Crippen LogP contribution in [0.3, 0.4) is 0 Å². The van der Waals surface area contributed by atoms with E-state index in [4.69, 9.17) is 10.5 Å². The van der Waals surface area contributed by atoms with Gasteiger partial charge in [0.15, 0.2) is 0 Å². The van der Waals surface area contributed by atoms with Gasteiger partial charge in [-0.25, -0.2) is 0 Å². The van der Waals surface area contributed by atoms with Gasteiger partial charge in [0.05, 0.1) is 7.11 Å². The molecule has 0 amide bonds. The number of esters is 1. The van der Waals surface area contributed by atoms with E-state index >= 15 is 0 Å². The number of ether oxygens (including phenoxy) is 1. The molecule has 0 spiro atoms. The molecule has 3 aromatic rings. The molecule has 0 aliphatic rings. The second kappa shape index (κ2) is 6.67. The van der Waals surface area contributed by atoms with Crippen LogP contribution >= 0.6 is 0 Å². The SMILES string of the molecule is COC(=O)C(N)Cc1cn(Cc2ccccc2)c2ccccc12. The third-order valence-corrected chi connectivity index (χ3v) is 4.01. The Kier molecular flexibility index (Phi) is 4.44. The van der Waals surface area contributed by atoms with Crippen LogP contribution in [0.15, 0.2) is 60.8 Å². The number of carbonyl (C=O) groups excluding carboxylic acids is 1. The van der Waals surface area contributed by atoms with Crippen LogP contribution in [0.5, 0.6) is 0 Å². The van der Waals surface area contributed by atoms with E-state index in [1.807, 2.05) is 30.3 Å². The molecule has 1 heterocycles. The van der Waals surface area contributed by atoms with Crippen molar-refractivity contribution in [2.45, 2.75) is 19.0 Å². The quantitative estimate of drug-likeness (QED) is 0.737. The van der Waals surface area contributed by atoms with Crippen molar-refractivity contribution >= 4 is 16.9 Å². The first kappa shape index (κ1) is 15.3. The number of para-hydroxylation sites is 1. The fourth-order valence-corrected chi connectivity index (χ4v) is 2.87. The Morgan fingerprint density at radius 3 is 2.57 bits per heavy atom. The van der Waals surface area contributed by atoms with Crippen molar-refractivity contribution in [2.75, 3.05) is 7.11 Å². The molecule has 0 radical (unpaired) electrons. The summed E-state index contributed by atoms with van der Waals surface area (Å²) in [6, 6.07) is 17.8. The molecule has 3 rings (SSSR count). The minimum atomic E-state index is -0.643. The van der Waals surface area contributed by atoms with Crippen LogP contribution in [-0.4, -0.2) is 23.7 Å². The van der Waals surface area contributed by atoms with E-state index in [0.29, 0.717) is 6.42 Å². The van der Waals surface area contributed by atoms with Gasteiger partial charge in [-0.15, -0.1) is 0 Å². The van der Waals surface area contributed by atoms with Crippen LogP contribution in [0, 0.1) is 0 Å². The predicted molar refractivity (Wildman–Crippen MR) is 91.2 cm³/mol. The van der Waals surface area contributed by atoms with E-state index in [2.05, 4.69) is 35.0 Å². The number of methoxy groups -OCH3 is 1. The summed E-state index contributed by atoms with van der Waals surface area (Å²) >= 11 is 0. The van der Waals surface area contributed by atoms with Crippen molar-refractivity contribution in [3.63, 3.8) is 0 Å². The van der Waals surface area contributed by atoms with Gasteiger partial charge in [-0.1, -0.05) is 48.5 Å². The van der Waals surface area contributed by atoms with Gasteiger partial charge in [0.25, 0.3) is 0 Å². The van der Waals surface area contributed by atoms with Crippen molar-refractivity contribution in [3.8, 4) is 0 Å². The molecular weight excluding hydrogens is 288 g/mol. The second-order valence-electron chi connectivity index (χ2n) is 5.62. The Bertz CT molecular complexity index is 809. The molecule has 0 saturated carbocycles. The van der Waals surface area contributed by atoms with Crippen LogP contribution < -0.4 is 5.73 Å². The molecule has 0 aliphatic carbocycles. The van der Waals surface area contributed by atoms with Gasteiger partial charge in [0.2, 0.25) is 0 Å². The van der Waals surface area contributed by atoms with Crippen molar-refractivity contribution in [1.29, 1.82) is 0 Å². The summed E-state index contributed by atoms with van der Waals surface area (Å²) in [6.45, 7) is 0.787. The summed E-state index contributed by atoms with van der Waals surface area (Å²) in [6.07, 6.45) is 2.55. The lowest BCUT2D eigenvalue weighted by Crippen LogP contribution is -2.33. The largest absolute Gasteiger partial charge is 0.468 e. The zero-order valence-electron chi connectivity index (χ0n) is 13.1. The van der Waals surface area contributed by atoms with E-state index in [1.54, 1.807) is 0 Å². The van der Waals surface area contributed by atoms with Crippen LogP contribution in [0.25, 0.3) is 10.9 Å². The molecule has 1 aromatic heterocycles. The van der Waals surface area contributed by atoms with Gasteiger partial charge >= 0.3 is 5.97 Å². The molecule has 2 aromatic carbocycles. The van der Waals surface area contributed by atoms with Crippen LogP contribution in [0.1, 0.15) is 11.1 Å². The van der Waals surface area contributed by atoms with Crippen molar-refractivity contribution in [1.82, 2.24) is 4.57 Å². The molecular formula is C19H20N2O2. The molecule has 4 nitrogen and oxygen atoms in total. The molecule has 0 saturated heterocycles. The minimum absolute atomic E-state index is 0.384. The maximum atomic E-state index is 11.6. The van der Waals surface area contributed by atoms with Gasteiger partial charge in [-0.2, -0.15) is 0 Å². The highest BCUT2D eigenvalue weighted by molar-refractivity contribution is 5.85. The van der Waals surface area contributed by atoms with Crippen molar-refractivity contribution < 1.29 is 9.53 Å². The summed E-state index contributed by atoms with van der Waals surface area (Å²) in [7, 11) is 1.36. The van der Waals surface area contributed by atoms with E-state index < -0.39 is 6.04 Å². The minimum Gasteiger partial charge on any atom is -0.468 e. The summed E-state index contributed by atoms with van der Waals surface area (Å²) in [5.74, 6) is -0.384. The summed E-state index contributed by atoms with van der Waals surface area (Å²) in [5, 5.41) is 1.13. The summed E-state index contributed by atoms with van der Waals surface area (Å²) in [5.41, 5.74) is 9.37. The molecule has 118 valence electrons. The number of hydrogen-bond donors (Lipinski definition) is 1. The Morgan fingerprint density at radius 2 is 1.83 bits per heavy atom. The van der Waals surface area contributed by atoms with E-state index in [9.17, 15) is 4.79 Å². The maximum Gasteiger partial charge on any atom is 0.322 e. The lowest BCUT2D eigenvalue weighted by atomic mass is 10.1. The third-order valence-electron chi connectivity index (χ3n) is 4.01. The van der Waals surface area contributed by atoms with E-state index in [-0.39, 0.29) is 5.97 Å². The Balaban J connectivity index is 1.95. The summed E-state index contributed by atoms with van der Waals surface area (Å²) in [4.78, 5) is 11.6. The first-order valence-corrected chi connectivity index (χ1v) is 7.63. The Morgan fingerprint density at radius 1 is 1.13 bits per heavy atom. The van der Waals surface area contributed by atoms with Gasteiger partial charge < -0.3 is 15.0 Å². The number of aromatic nitrogens is 1. The third kappa shape index (κ3) is 3.27. The highest BCUT2D eigenvalue weighted by atomic mass is 16.5. The standard InChI is InChI=1S/C19H20N2O2/c1-23-19(22)17(20)11-15-13-21(12-14-7-3-2-4-8-14)18-10-6-5-9-16(15)18/h2-10,13,17H,11-12,20H2,1H3. The first-order valence-electron chi connectivity index (χ1n) is 7.63. The van der Waals surface area contributed by atoms with Gasteiger partial charge in [-0.3, -0.25) is 4.79 Å². The number of nitrogens with two attached hydrogens (primary N) is 1. The lowest BCUT2D eigenvalue weighted by molar-refractivity contribution is -0.142. The molecule has 2 N–H and O–H groups in total. The van der Waals surface area contributed by atoms with Gasteiger partial charge in [0.1, 0.15) is 6.04 Å². The zero-order chi connectivity index (χ0) is 16.2. The topological polar surface area (TPSA) is 57.2 Å². The fraction of sp³-hybridized carbons (Fsp3) is 0.211. The second-order valence-corrected chi connectivity index (χ2v) is 5.62. The van der Waals surface area contributed by atoms with E-state index in [0.717, 1.165) is 23.0 Å². The van der Waals surface area contributed by atoms with Crippen LogP contribution in [0.2, 0.25) is 0 Å². The molecule has 0 fully saturated rings. The van der Waals surface area contributed by atoms with Gasteiger partial charge in [0, 0.05) is 30.1 Å². The Labute approximate surface area is 135 Å². The number of fused-ring (bicyclic) bond motifs is 1. The number of rotatable bonds is 5. The van der Waals surface area contributed by atoms with E-state index in [1.165, 1.54) is 12.7 Å². The van der Waals surface area contributed by atoms with Crippen molar-refractivity contribution in [3.05, 3.63) is 71.9 Å². The van der Waals surface area contributed by atoms with Gasteiger partial charge in [-0.05, 0) is 17.2 Å². The van der Waals surface area contributed by atoms with Crippen LogP contribution in [0.4, 0.5) is 0 Å². The molecule has 1 atom stereocenters. The first-order chi connectivity index (χ1) is 11.2. The zero-order valence-corrected chi connectivity index (χ0v) is 13.1. The maximum absolute atomic E-state index is 11.6. The molecule has 4 heteroatoms. The summed E-state index contributed by atoms with van der Waals surface area (Å²) < 4.78 is 6.93. The average molecular weight is 308 g/mol. The number of nitrogens with zero attached hydrogens (tertiary/aromatic N) is 1. The average Bonchev–Trinajstić information content (AvgIpc) is 2.93. The highest BCUT2D eigenvalue weighted by Gasteiger charge is 2.17. The highest BCUT2D eigenvalue weighted by Crippen LogP contribution is 2.23. The smallest absolute Gasteiger partial charge is 0.322 e. The van der Waals surface area contributed by atoms with Crippen LogP contribution in [-0.2, 0) is 22.5 Å². The predicted octanol–water partition coefficient (Wildman–Crippen LogP) is 2.73.